The lowest BCUT2D eigenvalue weighted by Gasteiger charge is -2.17. The first-order chi connectivity index (χ1) is 10.5. The molecule has 2 atom stereocenters. The van der Waals surface area contributed by atoms with Crippen LogP contribution in [-0.4, -0.2) is 29.1 Å². The lowest BCUT2D eigenvalue weighted by Crippen LogP contribution is -2.33. The van der Waals surface area contributed by atoms with Crippen LogP contribution in [0.3, 0.4) is 0 Å². The van der Waals surface area contributed by atoms with E-state index in [9.17, 15) is 9.90 Å². The van der Waals surface area contributed by atoms with E-state index < -0.39 is 6.10 Å². The van der Waals surface area contributed by atoms with E-state index >= 15 is 0 Å². The van der Waals surface area contributed by atoms with Gasteiger partial charge in [0.2, 0.25) is 0 Å². The smallest absolute Gasteiger partial charge is 0.251 e. The number of furan rings is 1. The van der Waals surface area contributed by atoms with E-state index in [1.165, 1.54) is 12.3 Å². The van der Waals surface area contributed by atoms with Crippen molar-refractivity contribution in [1.29, 1.82) is 0 Å². The summed E-state index contributed by atoms with van der Waals surface area (Å²) in [7, 11) is 1.70. The third kappa shape index (κ3) is 4.22. The van der Waals surface area contributed by atoms with E-state index in [0.29, 0.717) is 23.6 Å². The largest absolute Gasteiger partial charge is 0.467 e. The third-order valence-corrected chi connectivity index (χ3v) is 3.33. The molecule has 0 aliphatic heterocycles. The van der Waals surface area contributed by atoms with Crippen molar-refractivity contribution >= 4 is 23.3 Å². The van der Waals surface area contributed by atoms with Crippen LogP contribution in [0.25, 0.3) is 0 Å². The molecule has 0 saturated heterocycles. The Labute approximate surface area is 133 Å². The highest BCUT2D eigenvalue weighted by atomic mass is 35.5. The summed E-state index contributed by atoms with van der Waals surface area (Å²) in [5, 5.41) is 15.9. The highest BCUT2D eigenvalue weighted by Gasteiger charge is 2.17. The van der Waals surface area contributed by atoms with Gasteiger partial charge >= 0.3 is 0 Å². The van der Waals surface area contributed by atoms with Crippen molar-refractivity contribution in [3.63, 3.8) is 0 Å². The maximum atomic E-state index is 12.2. The van der Waals surface area contributed by atoms with E-state index in [1.54, 1.807) is 25.2 Å². The lowest BCUT2D eigenvalue weighted by atomic mass is 10.1. The first-order valence-corrected chi connectivity index (χ1v) is 7.25. The molecule has 0 saturated carbocycles. The van der Waals surface area contributed by atoms with Crippen molar-refractivity contribution in [1.82, 2.24) is 10.3 Å². The molecule has 0 radical (unpaired) electrons. The van der Waals surface area contributed by atoms with E-state index in [0.717, 1.165) is 0 Å². The standard InChI is InChI=1S/C15H18ClN3O3/c1-9(6-11(20)12-4-3-5-22-12)18-15(21)10-7-13(16)19-14(8-10)17-2/h3-5,7-9,11,20H,6H2,1-2H3,(H,17,19)(H,18,21). The summed E-state index contributed by atoms with van der Waals surface area (Å²) in [6.45, 7) is 1.81. The highest BCUT2D eigenvalue weighted by Crippen LogP contribution is 2.19. The summed E-state index contributed by atoms with van der Waals surface area (Å²) in [5.41, 5.74) is 0.406. The quantitative estimate of drug-likeness (QED) is 0.711. The van der Waals surface area contributed by atoms with Crippen LogP contribution in [0.2, 0.25) is 5.15 Å². The fraction of sp³-hybridized carbons (Fsp3) is 0.333. The molecule has 0 aromatic carbocycles. The molecule has 0 aliphatic rings. The van der Waals surface area contributed by atoms with Gasteiger partial charge in [-0.3, -0.25) is 4.79 Å². The number of aliphatic hydroxyl groups excluding tert-OH is 1. The molecule has 6 nitrogen and oxygen atoms in total. The maximum absolute atomic E-state index is 12.2. The van der Waals surface area contributed by atoms with Crippen LogP contribution in [0.4, 0.5) is 5.82 Å². The van der Waals surface area contributed by atoms with Gasteiger partial charge in [0.1, 0.15) is 22.8 Å². The van der Waals surface area contributed by atoms with Crippen LogP contribution in [0.1, 0.15) is 35.6 Å². The number of anilines is 1. The molecule has 2 aromatic heterocycles. The molecule has 7 heteroatoms. The van der Waals surface area contributed by atoms with Gasteiger partial charge in [0.25, 0.3) is 5.91 Å². The summed E-state index contributed by atoms with van der Waals surface area (Å²) in [6, 6.07) is 6.27. The zero-order valence-corrected chi connectivity index (χ0v) is 13.1. The summed E-state index contributed by atoms with van der Waals surface area (Å²) < 4.78 is 5.14. The molecular formula is C15H18ClN3O3. The van der Waals surface area contributed by atoms with E-state index in [1.807, 2.05) is 6.92 Å². The Bertz CT molecular complexity index is 631. The predicted molar refractivity (Wildman–Crippen MR) is 84.0 cm³/mol. The molecule has 2 heterocycles. The van der Waals surface area contributed by atoms with Crippen LogP contribution in [0.5, 0.6) is 0 Å². The Morgan fingerprint density at radius 3 is 2.91 bits per heavy atom. The zero-order chi connectivity index (χ0) is 16.1. The van der Waals surface area contributed by atoms with Crippen molar-refractivity contribution in [3.8, 4) is 0 Å². The summed E-state index contributed by atoms with van der Waals surface area (Å²) in [6.07, 6.45) is 1.08. The van der Waals surface area contributed by atoms with Gasteiger partial charge in [0, 0.05) is 25.1 Å². The van der Waals surface area contributed by atoms with E-state index in [2.05, 4.69) is 15.6 Å². The van der Waals surface area contributed by atoms with Gasteiger partial charge in [-0.1, -0.05) is 11.6 Å². The third-order valence-electron chi connectivity index (χ3n) is 3.14. The molecule has 1 amide bonds. The van der Waals surface area contributed by atoms with Crippen molar-refractivity contribution in [2.24, 2.45) is 0 Å². The number of aromatic nitrogens is 1. The number of nitrogens with one attached hydrogen (secondary N) is 2. The SMILES string of the molecule is CNc1cc(C(=O)NC(C)CC(O)c2ccco2)cc(Cl)n1. The molecule has 118 valence electrons. The van der Waals surface area contributed by atoms with Gasteiger partial charge in [0.05, 0.1) is 6.26 Å². The second-order valence-electron chi connectivity index (χ2n) is 4.96. The summed E-state index contributed by atoms with van der Waals surface area (Å²) in [4.78, 5) is 16.2. The average molecular weight is 324 g/mol. The number of hydrogen-bond acceptors (Lipinski definition) is 5. The number of aliphatic hydroxyl groups is 1. The normalized spacial score (nSPS) is 13.5. The van der Waals surface area contributed by atoms with E-state index in [4.69, 9.17) is 16.0 Å². The number of halogens is 1. The van der Waals surface area contributed by atoms with Crippen molar-refractivity contribution in [2.75, 3.05) is 12.4 Å². The zero-order valence-electron chi connectivity index (χ0n) is 12.3. The second-order valence-corrected chi connectivity index (χ2v) is 5.34. The van der Waals surface area contributed by atoms with Crippen LogP contribution >= 0.6 is 11.6 Å². The molecule has 2 aromatic rings. The Morgan fingerprint density at radius 1 is 1.50 bits per heavy atom. The molecule has 0 bridgehead atoms. The number of carbonyl (C=O) groups is 1. The molecule has 2 rings (SSSR count). The number of carbonyl (C=O) groups excluding carboxylic acids is 1. The van der Waals surface area contributed by atoms with Crippen molar-refractivity contribution in [3.05, 3.63) is 47.0 Å². The Kier molecular flexibility index (Phi) is 5.41. The molecular weight excluding hydrogens is 306 g/mol. The highest BCUT2D eigenvalue weighted by molar-refractivity contribution is 6.29. The topological polar surface area (TPSA) is 87.4 Å². The number of rotatable bonds is 6. The first kappa shape index (κ1) is 16.3. The molecule has 0 aliphatic carbocycles. The molecule has 0 spiro atoms. The fourth-order valence-corrected chi connectivity index (χ4v) is 2.26. The van der Waals surface area contributed by atoms with Crippen LogP contribution in [-0.2, 0) is 0 Å². The number of amides is 1. The minimum atomic E-state index is -0.765. The minimum absolute atomic E-state index is 0.236. The molecule has 0 fully saturated rings. The first-order valence-electron chi connectivity index (χ1n) is 6.87. The van der Waals surface area contributed by atoms with E-state index in [-0.39, 0.29) is 17.1 Å². The van der Waals surface area contributed by atoms with Gasteiger partial charge in [-0.25, -0.2) is 4.98 Å². The Balaban J connectivity index is 1.97. The fourth-order valence-electron chi connectivity index (χ4n) is 2.05. The van der Waals surface area contributed by atoms with Gasteiger partial charge in [0.15, 0.2) is 0 Å². The second kappa shape index (κ2) is 7.29. The van der Waals surface area contributed by atoms with Crippen LogP contribution in [0, 0.1) is 0 Å². The lowest BCUT2D eigenvalue weighted by molar-refractivity contribution is 0.0903. The van der Waals surface area contributed by atoms with Crippen molar-refractivity contribution < 1.29 is 14.3 Å². The minimum Gasteiger partial charge on any atom is -0.467 e. The molecule has 2 unspecified atom stereocenters. The van der Waals surface area contributed by atoms with Gasteiger partial charge in [-0.05, 0) is 31.2 Å². The number of pyridine rings is 1. The summed E-state index contributed by atoms with van der Waals surface area (Å²) in [5.74, 6) is 0.714. The Hall–Kier alpha value is -2.05. The van der Waals surface area contributed by atoms with Crippen LogP contribution < -0.4 is 10.6 Å². The maximum Gasteiger partial charge on any atom is 0.251 e. The summed E-state index contributed by atoms with van der Waals surface area (Å²) >= 11 is 5.88. The average Bonchev–Trinajstić information content (AvgIpc) is 3.00. The number of hydrogen-bond donors (Lipinski definition) is 3. The predicted octanol–water partition coefficient (Wildman–Crippen LogP) is 2.61. The monoisotopic (exact) mass is 323 g/mol. The van der Waals surface area contributed by atoms with Gasteiger partial charge < -0.3 is 20.2 Å². The van der Waals surface area contributed by atoms with Crippen LogP contribution in [0.15, 0.2) is 34.9 Å². The molecule has 3 N–H and O–H groups in total. The van der Waals surface area contributed by atoms with Gasteiger partial charge in [-0.15, -0.1) is 0 Å². The Morgan fingerprint density at radius 2 is 2.27 bits per heavy atom. The number of nitrogens with zero attached hydrogens (tertiary/aromatic N) is 1. The van der Waals surface area contributed by atoms with Crippen molar-refractivity contribution in [2.45, 2.75) is 25.5 Å². The van der Waals surface area contributed by atoms with Gasteiger partial charge in [-0.2, -0.15) is 0 Å². The molecule has 22 heavy (non-hydrogen) atoms.